The number of likely N-dealkylation sites (tertiary alicyclic amines) is 1. The van der Waals surface area contributed by atoms with E-state index in [1.807, 2.05) is 4.90 Å². The number of alkyl carbamates (subject to hydrolysis) is 1. The second-order valence-corrected chi connectivity index (χ2v) is 15.9. The van der Waals surface area contributed by atoms with Crippen LogP contribution in [0, 0.1) is 11.3 Å². The number of piperazine rings is 1. The maximum atomic E-state index is 14.8. The van der Waals surface area contributed by atoms with E-state index in [-0.39, 0.29) is 42.5 Å². The molecule has 6 rings (SSSR count). The van der Waals surface area contributed by atoms with Crippen LogP contribution in [-0.2, 0) is 14.3 Å². The van der Waals surface area contributed by atoms with Crippen LogP contribution in [0.5, 0.6) is 5.75 Å². The van der Waals surface area contributed by atoms with Crippen molar-refractivity contribution in [2.45, 2.75) is 58.7 Å². The number of rotatable bonds is 12. The summed E-state index contributed by atoms with van der Waals surface area (Å²) < 4.78 is 64.8. The lowest BCUT2D eigenvalue weighted by atomic mass is 9.92. The summed E-state index contributed by atoms with van der Waals surface area (Å²) in [6.45, 7) is 8.33. The van der Waals surface area contributed by atoms with Crippen molar-refractivity contribution >= 4 is 35.3 Å². The van der Waals surface area contributed by atoms with Gasteiger partial charge in [0.05, 0.1) is 55.5 Å². The zero-order chi connectivity index (χ0) is 44.2. The Kier molecular flexibility index (Phi) is 13.2. The average molecular weight is 853 g/mol. The van der Waals surface area contributed by atoms with Gasteiger partial charge in [0.25, 0.3) is 5.91 Å². The Morgan fingerprint density at radius 3 is 2.25 bits per heavy atom. The number of aromatic nitrogens is 3. The lowest BCUT2D eigenvalue weighted by Gasteiger charge is -2.38. The standard InChI is InChI=1S/C42H48F4N8O7/c1-24(2)35(51-40(59)60-5)38(57)54-22-28(43)19-32(54)36-48-21-31(50-36)26-8-6-25(7-9-26)30-12-10-27(18-33(30)61-42(44,45)46)37(56)49-29-11-13-34(47-20-29)52-14-16-53(17-15-52)39(58)41(3,4)23-55/h6-13,18,20-21,24,28,32,35,55H,14-17,19,22-23H2,1-5H3,(H,48,50)(H,49,56)(H,51,59)/t28-,32?,35+/m1/s1. The monoisotopic (exact) mass is 852 g/mol. The van der Waals surface area contributed by atoms with Crippen molar-refractivity contribution in [2.24, 2.45) is 11.3 Å². The van der Waals surface area contributed by atoms with Crippen LogP contribution in [0.3, 0.4) is 0 Å². The van der Waals surface area contributed by atoms with Crippen LogP contribution in [-0.4, -0.2) is 119 Å². The molecule has 4 heterocycles. The zero-order valence-corrected chi connectivity index (χ0v) is 34.3. The SMILES string of the molecule is COC(=O)N[C@H](C(=O)N1C[C@H](F)CC1c1ncc(-c2ccc(-c3ccc(C(=O)Nc4ccc(N5CCN(C(=O)C(C)(C)CO)CC5)nc4)cc3OC(F)(F)F)cc2)[nH]1)C(C)C. The third-order valence-corrected chi connectivity index (χ3v) is 10.7. The Balaban J connectivity index is 1.13. The van der Waals surface area contributed by atoms with E-state index >= 15 is 0 Å². The fraction of sp³-hybridized carbons (Fsp3) is 0.429. The Hall–Kier alpha value is -6.24. The summed E-state index contributed by atoms with van der Waals surface area (Å²) in [4.78, 5) is 68.4. The largest absolute Gasteiger partial charge is 0.573 e. The van der Waals surface area contributed by atoms with Crippen molar-refractivity contribution in [2.75, 3.05) is 56.7 Å². The highest BCUT2D eigenvalue weighted by atomic mass is 19.4. The highest BCUT2D eigenvalue weighted by Gasteiger charge is 2.42. The van der Waals surface area contributed by atoms with Crippen molar-refractivity contribution in [1.29, 1.82) is 0 Å². The molecule has 3 atom stereocenters. The summed E-state index contributed by atoms with van der Waals surface area (Å²) >= 11 is 0. The second kappa shape index (κ2) is 18.2. The molecule has 4 N–H and O–H groups in total. The van der Waals surface area contributed by atoms with Gasteiger partial charge in [-0.05, 0) is 61.2 Å². The molecule has 4 amide bonds. The molecule has 2 aliphatic heterocycles. The predicted molar refractivity (Wildman–Crippen MR) is 216 cm³/mol. The zero-order valence-electron chi connectivity index (χ0n) is 34.3. The maximum absolute atomic E-state index is 14.8. The minimum atomic E-state index is -5.07. The molecule has 15 nitrogen and oxygen atoms in total. The molecular weight excluding hydrogens is 805 g/mol. The van der Waals surface area contributed by atoms with E-state index in [0.29, 0.717) is 60.3 Å². The molecular formula is C42H48F4N8O7. The van der Waals surface area contributed by atoms with Crippen LogP contribution in [0.2, 0.25) is 0 Å². The van der Waals surface area contributed by atoms with Gasteiger partial charge in [-0.3, -0.25) is 14.4 Å². The number of hydrogen-bond donors (Lipinski definition) is 4. The van der Waals surface area contributed by atoms with Gasteiger partial charge in [-0.1, -0.05) is 38.1 Å². The number of hydrogen-bond acceptors (Lipinski definition) is 10. The maximum Gasteiger partial charge on any atom is 0.573 e. The lowest BCUT2D eigenvalue weighted by molar-refractivity contribution is -0.274. The smallest absolute Gasteiger partial charge is 0.453 e. The molecule has 0 aliphatic carbocycles. The molecule has 2 aliphatic rings. The Morgan fingerprint density at radius 2 is 1.64 bits per heavy atom. The Bertz CT molecular complexity index is 2210. The van der Waals surface area contributed by atoms with Gasteiger partial charge in [-0.2, -0.15) is 0 Å². The third-order valence-electron chi connectivity index (χ3n) is 10.7. The van der Waals surface area contributed by atoms with Gasteiger partial charge in [-0.15, -0.1) is 13.2 Å². The molecule has 2 aromatic heterocycles. The number of alkyl halides is 4. The van der Waals surface area contributed by atoms with Crippen molar-refractivity contribution in [3.8, 4) is 28.1 Å². The van der Waals surface area contributed by atoms with Crippen molar-refractivity contribution in [3.05, 3.63) is 78.4 Å². The number of carbonyl (C=O) groups excluding carboxylic acids is 4. The molecule has 0 spiro atoms. The minimum Gasteiger partial charge on any atom is -0.453 e. The fourth-order valence-corrected chi connectivity index (χ4v) is 7.24. The summed E-state index contributed by atoms with van der Waals surface area (Å²) in [5, 5.41) is 14.7. The number of ether oxygens (including phenoxy) is 2. The molecule has 4 aromatic rings. The van der Waals surface area contributed by atoms with Crippen LogP contribution in [0.15, 0.2) is 67.0 Å². The summed E-state index contributed by atoms with van der Waals surface area (Å²) in [6.07, 6.45) is -4.27. The van der Waals surface area contributed by atoms with Crippen molar-refractivity contribution in [1.82, 2.24) is 30.1 Å². The van der Waals surface area contributed by atoms with Crippen molar-refractivity contribution < 1.29 is 51.3 Å². The number of anilines is 2. The Labute approximate surface area is 349 Å². The average Bonchev–Trinajstić information content (AvgIpc) is 3.89. The number of H-pyrrole nitrogens is 1. The number of carbonyl (C=O) groups is 4. The summed E-state index contributed by atoms with van der Waals surface area (Å²) in [5.74, 6) is -1.29. The van der Waals surface area contributed by atoms with E-state index in [4.69, 9.17) is 0 Å². The van der Waals surface area contributed by atoms with Gasteiger partial charge >= 0.3 is 12.5 Å². The number of imidazole rings is 1. The summed E-state index contributed by atoms with van der Waals surface area (Å²) in [7, 11) is 1.18. The van der Waals surface area contributed by atoms with E-state index in [0.717, 1.165) is 6.07 Å². The first kappa shape index (κ1) is 44.3. The van der Waals surface area contributed by atoms with Crippen LogP contribution in [0.4, 0.5) is 33.9 Å². The highest BCUT2D eigenvalue weighted by molar-refractivity contribution is 6.05. The molecule has 2 aromatic carbocycles. The van der Waals surface area contributed by atoms with Gasteiger partial charge in [-0.25, -0.2) is 19.2 Å². The number of aromatic amines is 1. The predicted octanol–water partition coefficient (Wildman–Crippen LogP) is 5.95. The first-order valence-corrected chi connectivity index (χ1v) is 19.6. The minimum absolute atomic E-state index is 0.0187. The number of nitrogens with one attached hydrogen (secondary N) is 3. The van der Waals surface area contributed by atoms with Gasteiger partial charge in [0.15, 0.2) is 0 Å². The summed E-state index contributed by atoms with van der Waals surface area (Å²) in [5.41, 5.74) is 0.839. The molecule has 326 valence electrons. The quantitative estimate of drug-likeness (QED) is 0.124. The van der Waals surface area contributed by atoms with E-state index in [1.54, 1.807) is 69.0 Å². The third kappa shape index (κ3) is 10.4. The van der Waals surface area contributed by atoms with Crippen LogP contribution in [0.1, 0.15) is 56.3 Å². The number of halogens is 4. The van der Waals surface area contributed by atoms with E-state index in [9.17, 15) is 41.8 Å². The van der Waals surface area contributed by atoms with E-state index in [2.05, 4.69) is 35.1 Å². The molecule has 2 fully saturated rings. The molecule has 0 radical (unpaired) electrons. The number of aliphatic hydroxyl groups excluding tert-OH is 1. The fourth-order valence-electron chi connectivity index (χ4n) is 7.24. The van der Waals surface area contributed by atoms with E-state index in [1.165, 1.54) is 36.5 Å². The Morgan fingerprint density at radius 1 is 0.951 bits per heavy atom. The topological polar surface area (TPSA) is 182 Å². The van der Waals surface area contributed by atoms with Gasteiger partial charge < -0.3 is 44.9 Å². The second-order valence-electron chi connectivity index (χ2n) is 15.9. The molecule has 0 saturated carbocycles. The molecule has 2 saturated heterocycles. The van der Waals surface area contributed by atoms with Crippen molar-refractivity contribution in [3.63, 3.8) is 0 Å². The normalized spacial score (nSPS) is 17.6. The molecule has 0 bridgehead atoms. The number of amides is 4. The molecule has 61 heavy (non-hydrogen) atoms. The molecule has 1 unspecified atom stereocenters. The van der Waals surface area contributed by atoms with Gasteiger partial charge in [0.2, 0.25) is 11.8 Å². The number of pyridine rings is 1. The first-order chi connectivity index (χ1) is 28.9. The lowest BCUT2D eigenvalue weighted by Crippen LogP contribution is -2.53. The number of aliphatic hydroxyl groups is 1. The number of benzene rings is 2. The van der Waals surface area contributed by atoms with E-state index < -0.39 is 53.7 Å². The van der Waals surface area contributed by atoms with Gasteiger partial charge in [0.1, 0.15) is 29.6 Å². The molecule has 19 heteroatoms. The highest BCUT2D eigenvalue weighted by Crippen LogP contribution is 2.37. The van der Waals surface area contributed by atoms with Gasteiger partial charge in [0, 0.05) is 43.7 Å². The first-order valence-electron chi connectivity index (χ1n) is 19.6. The number of nitrogens with zero attached hydrogens (tertiary/aromatic N) is 5. The van der Waals surface area contributed by atoms with Crippen LogP contribution < -0.4 is 20.3 Å². The van der Waals surface area contributed by atoms with Crippen LogP contribution in [0.25, 0.3) is 22.4 Å². The summed E-state index contributed by atoms with van der Waals surface area (Å²) in [6, 6.07) is 11.8. The van der Waals surface area contributed by atoms with Crippen LogP contribution >= 0.6 is 0 Å². The number of methoxy groups -OCH3 is 1.